The predicted molar refractivity (Wildman–Crippen MR) is 91.7 cm³/mol. The first-order chi connectivity index (χ1) is 12.9. The van der Waals surface area contributed by atoms with Gasteiger partial charge in [0.05, 0.1) is 5.69 Å². The van der Waals surface area contributed by atoms with E-state index < -0.39 is 30.1 Å². The second kappa shape index (κ2) is 6.63. The molecule has 3 heterocycles. The molecular formula is C17H22N4O6. The van der Waals surface area contributed by atoms with Gasteiger partial charge in [0.15, 0.2) is 5.82 Å². The van der Waals surface area contributed by atoms with Crippen molar-refractivity contribution in [3.8, 4) is 0 Å². The van der Waals surface area contributed by atoms with Gasteiger partial charge in [-0.05, 0) is 38.3 Å². The van der Waals surface area contributed by atoms with E-state index in [2.05, 4.69) is 10.1 Å². The molecule has 0 radical (unpaired) electrons. The average Bonchev–Trinajstić information content (AvgIpc) is 3.14. The van der Waals surface area contributed by atoms with Crippen LogP contribution in [0.3, 0.4) is 0 Å². The summed E-state index contributed by atoms with van der Waals surface area (Å²) in [5.74, 6) is 0.284. The number of fused-ring (bicyclic) bond motifs is 1. The largest absolute Gasteiger partial charge is 0.508 e. The Hall–Kier alpha value is -2.43. The summed E-state index contributed by atoms with van der Waals surface area (Å²) in [5.41, 5.74) is 5.62. The molecule has 4 N–H and O–H groups in total. The summed E-state index contributed by atoms with van der Waals surface area (Å²) in [6, 6.07) is 3.41. The van der Waals surface area contributed by atoms with Gasteiger partial charge >= 0.3 is 6.16 Å². The topological polar surface area (TPSA) is 141 Å². The fourth-order valence-electron chi connectivity index (χ4n) is 3.47. The molecule has 0 unspecified atom stereocenters. The lowest BCUT2D eigenvalue weighted by atomic mass is 9.93. The van der Waals surface area contributed by atoms with Crippen LogP contribution in [0.15, 0.2) is 18.5 Å². The quantitative estimate of drug-likeness (QED) is 0.643. The third-order valence-corrected chi connectivity index (χ3v) is 5.34. The van der Waals surface area contributed by atoms with Crippen LogP contribution in [-0.2, 0) is 19.8 Å². The number of carbonyl (C=O) groups excluding carboxylic acids is 1. The molecule has 1 aliphatic carbocycles. The molecule has 10 nitrogen and oxygen atoms in total. The van der Waals surface area contributed by atoms with E-state index >= 15 is 0 Å². The van der Waals surface area contributed by atoms with Crippen LogP contribution in [0.2, 0.25) is 0 Å². The predicted octanol–water partition coefficient (Wildman–Crippen LogP) is 0.353. The van der Waals surface area contributed by atoms with Gasteiger partial charge in [0.1, 0.15) is 48.5 Å². The number of nitrogens with two attached hydrogens (primary N) is 1. The summed E-state index contributed by atoms with van der Waals surface area (Å²) < 4.78 is 17.6. The molecule has 2 aromatic heterocycles. The maximum Gasteiger partial charge on any atom is 0.508 e. The van der Waals surface area contributed by atoms with Crippen LogP contribution >= 0.6 is 0 Å². The molecule has 146 valence electrons. The highest BCUT2D eigenvalue weighted by molar-refractivity contribution is 5.65. The van der Waals surface area contributed by atoms with E-state index in [0.29, 0.717) is 11.2 Å². The molecule has 1 saturated carbocycles. The van der Waals surface area contributed by atoms with E-state index in [1.807, 2.05) is 0 Å². The highest BCUT2D eigenvalue weighted by Gasteiger charge is 2.54. The van der Waals surface area contributed by atoms with Crippen molar-refractivity contribution in [3.63, 3.8) is 0 Å². The van der Waals surface area contributed by atoms with Crippen LogP contribution < -0.4 is 5.73 Å². The smallest absolute Gasteiger partial charge is 0.431 e. The van der Waals surface area contributed by atoms with Gasteiger partial charge in [-0.3, -0.25) is 0 Å². The number of ether oxygens (including phenoxy) is 3. The van der Waals surface area contributed by atoms with Crippen molar-refractivity contribution in [2.75, 3.05) is 12.3 Å². The minimum absolute atomic E-state index is 0.0972. The second-order valence-corrected chi connectivity index (χ2v) is 7.09. The maximum absolute atomic E-state index is 11.7. The molecule has 0 bridgehead atoms. The standard InChI is InChI=1S/C17H22N4O6/c1-17(12-6-5-10-15(18)19-8-20-21(10)12)14(23)13(22)11(27-17)7-25-16(24)26-9-3-2-4-9/h5-6,8-9,11,13-14,22-23H,2-4,7H2,1H3,(H2,18,19,20)/t11-,13-,14-,17+/m1/s1. The molecule has 2 fully saturated rings. The number of aromatic nitrogens is 3. The van der Waals surface area contributed by atoms with Crippen LogP contribution in [0.25, 0.3) is 5.52 Å². The van der Waals surface area contributed by atoms with Crippen molar-refractivity contribution in [1.29, 1.82) is 0 Å². The molecule has 1 aliphatic heterocycles. The van der Waals surface area contributed by atoms with Gasteiger partial charge in [-0.2, -0.15) is 5.10 Å². The van der Waals surface area contributed by atoms with Gasteiger partial charge in [0.25, 0.3) is 0 Å². The number of nitrogens with zero attached hydrogens (tertiary/aromatic N) is 3. The Balaban J connectivity index is 1.49. The monoisotopic (exact) mass is 378 g/mol. The Morgan fingerprint density at radius 2 is 2.22 bits per heavy atom. The lowest BCUT2D eigenvalue weighted by molar-refractivity contribution is -0.0968. The Morgan fingerprint density at radius 3 is 2.93 bits per heavy atom. The summed E-state index contributed by atoms with van der Waals surface area (Å²) in [7, 11) is 0. The van der Waals surface area contributed by atoms with Crippen LogP contribution in [0.1, 0.15) is 31.9 Å². The van der Waals surface area contributed by atoms with E-state index in [9.17, 15) is 15.0 Å². The van der Waals surface area contributed by atoms with Crippen molar-refractivity contribution < 1.29 is 29.2 Å². The van der Waals surface area contributed by atoms with Crippen molar-refractivity contribution in [3.05, 3.63) is 24.2 Å². The summed E-state index contributed by atoms with van der Waals surface area (Å²) >= 11 is 0. The minimum Gasteiger partial charge on any atom is -0.431 e. The number of hydrogen-bond acceptors (Lipinski definition) is 9. The Labute approximate surface area is 154 Å². The van der Waals surface area contributed by atoms with Gasteiger partial charge in [0.2, 0.25) is 0 Å². The lowest BCUT2D eigenvalue weighted by Gasteiger charge is -2.27. The Kier molecular flexibility index (Phi) is 4.41. The first kappa shape index (κ1) is 18.0. The third-order valence-electron chi connectivity index (χ3n) is 5.34. The van der Waals surface area contributed by atoms with Crippen molar-refractivity contribution >= 4 is 17.5 Å². The SMILES string of the molecule is C[C@@]1(c2ccc3c(N)ncnn23)O[C@H](COC(=O)OC2CCC2)[C@@H](O)[C@H]1O. The van der Waals surface area contributed by atoms with E-state index in [4.69, 9.17) is 19.9 Å². The van der Waals surface area contributed by atoms with Gasteiger partial charge < -0.3 is 30.2 Å². The summed E-state index contributed by atoms with van der Waals surface area (Å²) in [6.07, 6.45) is -0.326. The van der Waals surface area contributed by atoms with Gasteiger partial charge in [-0.15, -0.1) is 0 Å². The number of rotatable bonds is 4. The summed E-state index contributed by atoms with van der Waals surface area (Å²) in [4.78, 5) is 15.6. The molecule has 0 aromatic carbocycles. The van der Waals surface area contributed by atoms with E-state index in [-0.39, 0.29) is 18.5 Å². The zero-order valence-corrected chi connectivity index (χ0v) is 14.8. The number of aliphatic hydroxyl groups excluding tert-OH is 2. The Bertz CT molecular complexity index is 853. The van der Waals surface area contributed by atoms with Gasteiger partial charge in [0, 0.05) is 0 Å². The molecule has 4 rings (SSSR count). The molecule has 2 aromatic rings. The highest BCUT2D eigenvalue weighted by Crippen LogP contribution is 2.40. The van der Waals surface area contributed by atoms with Crippen LogP contribution in [0.4, 0.5) is 10.6 Å². The number of carbonyl (C=O) groups is 1. The Morgan fingerprint density at radius 1 is 1.44 bits per heavy atom. The zero-order chi connectivity index (χ0) is 19.2. The minimum atomic E-state index is -1.28. The molecule has 27 heavy (non-hydrogen) atoms. The second-order valence-electron chi connectivity index (χ2n) is 7.09. The molecule has 2 aliphatic rings. The van der Waals surface area contributed by atoms with Crippen LogP contribution in [0.5, 0.6) is 0 Å². The van der Waals surface area contributed by atoms with Crippen molar-refractivity contribution in [2.45, 2.75) is 56.2 Å². The number of nitrogen functional groups attached to an aromatic ring is 1. The first-order valence-electron chi connectivity index (χ1n) is 8.86. The zero-order valence-electron chi connectivity index (χ0n) is 14.8. The van der Waals surface area contributed by atoms with E-state index in [1.54, 1.807) is 19.1 Å². The number of aliphatic hydroxyl groups is 2. The normalized spacial score (nSPS) is 31.0. The fourth-order valence-corrected chi connectivity index (χ4v) is 3.47. The maximum atomic E-state index is 11.7. The lowest BCUT2D eigenvalue weighted by Crippen LogP contribution is -2.39. The molecule has 4 atom stereocenters. The van der Waals surface area contributed by atoms with E-state index in [0.717, 1.165) is 19.3 Å². The first-order valence-corrected chi connectivity index (χ1v) is 8.86. The average molecular weight is 378 g/mol. The summed E-state index contributed by atoms with van der Waals surface area (Å²) in [5, 5.41) is 25.2. The van der Waals surface area contributed by atoms with E-state index in [1.165, 1.54) is 10.8 Å². The van der Waals surface area contributed by atoms with Crippen molar-refractivity contribution in [2.24, 2.45) is 0 Å². The molecular weight excluding hydrogens is 356 g/mol. The number of hydrogen-bond donors (Lipinski definition) is 3. The van der Waals surface area contributed by atoms with Gasteiger partial charge in [-0.25, -0.2) is 14.3 Å². The summed E-state index contributed by atoms with van der Waals surface area (Å²) in [6.45, 7) is 1.40. The molecule has 10 heteroatoms. The molecule has 0 amide bonds. The molecule has 0 spiro atoms. The molecule has 1 saturated heterocycles. The van der Waals surface area contributed by atoms with Crippen molar-refractivity contribution in [1.82, 2.24) is 14.6 Å². The van der Waals surface area contributed by atoms with Crippen LogP contribution in [-0.4, -0.2) is 62.0 Å². The fraction of sp³-hybridized carbons (Fsp3) is 0.588. The highest BCUT2D eigenvalue weighted by atomic mass is 16.7. The number of anilines is 1. The van der Waals surface area contributed by atoms with Gasteiger partial charge in [-0.1, -0.05) is 0 Å². The van der Waals surface area contributed by atoms with Crippen LogP contribution in [0, 0.1) is 0 Å². The third kappa shape index (κ3) is 2.99.